The van der Waals surface area contributed by atoms with Gasteiger partial charge in [-0.2, -0.15) is 13.2 Å². The van der Waals surface area contributed by atoms with Gasteiger partial charge in [-0.05, 0) is 66.6 Å². The number of rotatable bonds is 9. The second-order valence-electron chi connectivity index (χ2n) is 8.59. The van der Waals surface area contributed by atoms with Crippen LogP contribution in [-0.4, -0.2) is 29.0 Å². The Morgan fingerprint density at radius 2 is 1.76 bits per heavy atom. The third-order valence-electron chi connectivity index (χ3n) is 5.85. The van der Waals surface area contributed by atoms with E-state index < -0.39 is 40.1 Å². The van der Waals surface area contributed by atoms with Gasteiger partial charge in [0.15, 0.2) is 0 Å². The first-order valence-electron chi connectivity index (χ1n) is 11.6. The molecule has 0 unspecified atom stereocenters. The summed E-state index contributed by atoms with van der Waals surface area (Å²) in [5.74, 6) is -1.22. The molecule has 0 bridgehead atoms. The van der Waals surface area contributed by atoms with Crippen molar-refractivity contribution >= 4 is 32.7 Å². The maximum absolute atomic E-state index is 13.7. The van der Waals surface area contributed by atoms with Gasteiger partial charge in [-0.1, -0.05) is 19.1 Å². The molecular formula is C26H23F4N3O4S. The minimum Gasteiger partial charge on any atom is -0.480 e. The lowest BCUT2D eigenvalue weighted by molar-refractivity contribution is -0.138. The van der Waals surface area contributed by atoms with Gasteiger partial charge in [0, 0.05) is 6.42 Å². The largest absolute Gasteiger partial charge is 0.480 e. The zero-order chi connectivity index (χ0) is 27.7. The molecule has 1 N–H and O–H groups in total. The van der Waals surface area contributed by atoms with Crippen molar-refractivity contribution in [1.82, 2.24) is 9.55 Å². The Morgan fingerprint density at radius 1 is 1.05 bits per heavy atom. The summed E-state index contributed by atoms with van der Waals surface area (Å²) in [5.41, 5.74) is 0.0468. The van der Waals surface area contributed by atoms with Crippen LogP contribution in [0.25, 0.3) is 11.0 Å². The van der Waals surface area contributed by atoms with Crippen LogP contribution in [0.5, 0.6) is 0 Å². The van der Waals surface area contributed by atoms with E-state index >= 15 is 0 Å². The molecule has 0 fully saturated rings. The van der Waals surface area contributed by atoms with E-state index in [4.69, 9.17) is 0 Å². The van der Waals surface area contributed by atoms with Crippen molar-refractivity contribution < 1.29 is 35.9 Å². The van der Waals surface area contributed by atoms with Crippen LogP contribution in [0.2, 0.25) is 0 Å². The zero-order valence-corrected chi connectivity index (χ0v) is 20.9. The predicted molar refractivity (Wildman–Crippen MR) is 133 cm³/mol. The van der Waals surface area contributed by atoms with Crippen LogP contribution in [0.15, 0.2) is 71.6 Å². The van der Waals surface area contributed by atoms with Crippen molar-refractivity contribution in [3.8, 4) is 0 Å². The fourth-order valence-electron chi connectivity index (χ4n) is 4.11. The number of sulfonamides is 1. The van der Waals surface area contributed by atoms with Crippen LogP contribution in [0, 0.1) is 5.82 Å². The highest BCUT2D eigenvalue weighted by Crippen LogP contribution is 2.33. The Morgan fingerprint density at radius 3 is 2.39 bits per heavy atom. The SMILES string of the molecule is CCCc1nc2cc(N(Cc3cccc(C(F)(F)F)c3)S(=O)(=O)c3ccc(F)cc3)ccc2n1CC(=O)O. The maximum atomic E-state index is 13.7. The normalized spacial score (nSPS) is 12.1. The quantitative estimate of drug-likeness (QED) is 0.274. The number of nitrogens with zero attached hydrogens (tertiary/aromatic N) is 3. The van der Waals surface area contributed by atoms with Gasteiger partial charge in [-0.3, -0.25) is 9.10 Å². The molecule has 0 aliphatic carbocycles. The number of fused-ring (bicyclic) bond motifs is 1. The molecule has 0 spiro atoms. The summed E-state index contributed by atoms with van der Waals surface area (Å²) < 4.78 is 83.2. The van der Waals surface area contributed by atoms with Gasteiger partial charge >= 0.3 is 12.1 Å². The van der Waals surface area contributed by atoms with Gasteiger partial charge < -0.3 is 9.67 Å². The van der Waals surface area contributed by atoms with Crippen LogP contribution in [0.4, 0.5) is 23.2 Å². The summed E-state index contributed by atoms with van der Waals surface area (Å²) in [4.78, 5) is 15.7. The van der Waals surface area contributed by atoms with E-state index in [2.05, 4.69) is 4.98 Å². The summed E-state index contributed by atoms with van der Waals surface area (Å²) in [5, 5.41) is 9.33. The van der Waals surface area contributed by atoms with E-state index in [1.165, 1.54) is 34.9 Å². The van der Waals surface area contributed by atoms with Crippen molar-refractivity contribution in [2.45, 2.75) is 43.9 Å². The molecule has 0 radical (unpaired) electrons. The Kier molecular flexibility index (Phi) is 7.45. The lowest BCUT2D eigenvalue weighted by Gasteiger charge is -2.25. The molecular weight excluding hydrogens is 526 g/mol. The van der Waals surface area contributed by atoms with Crippen molar-refractivity contribution in [2.24, 2.45) is 0 Å². The van der Waals surface area contributed by atoms with Gasteiger partial charge in [0.2, 0.25) is 0 Å². The number of benzene rings is 3. The highest BCUT2D eigenvalue weighted by Gasteiger charge is 2.31. The summed E-state index contributed by atoms with van der Waals surface area (Å²) >= 11 is 0. The average Bonchev–Trinajstić information content (AvgIpc) is 3.18. The second kappa shape index (κ2) is 10.4. The Labute approximate surface area is 216 Å². The van der Waals surface area contributed by atoms with E-state index in [9.17, 15) is 35.9 Å². The number of anilines is 1. The molecule has 4 aromatic rings. The number of hydrogen-bond acceptors (Lipinski definition) is 4. The van der Waals surface area contributed by atoms with Crippen LogP contribution < -0.4 is 4.31 Å². The summed E-state index contributed by atoms with van der Waals surface area (Å²) in [6, 6.07) is 12.8. The lowest BCUT2D eigenvalue weighted by atomic mass is 10.1. The maximum Gasteiger partial charge on any atom is 0.416 e. The highest BCUT2D eigenvalue weighted by atomic mass is 32.2. The first-order valence-corrected chi connectivity index (χ1v) is 13.0. The molecule has 0 atom stereocenters. The third-order valence-corrected chi connectivity index (χ3v) is 7.64. The average molecular weight is 550 g/mol. The molecule has 0 aliphatic heterocycles. The molecule has 1 heterocycles. The lowest BCUT2D eigenvalue weighted by Crippen LogP contribution is -2.30. The van der Waals surface area contributed by atoms with E-state index in [1.807, 2.05) is 6.92 Å². The van der Waals surface area contributed by atoms with Crippen molar-refractivity contribution in [3.05, 3.63) is 89.5 Å². The fraction of sp³-hybridized carbons (Fsp3) is 0.231. The van der Waals surface area contributed by atoms with Crippen molar-refractivity contribution in [3.63, 3.8) is 0 Å². The predicted octanol–water partition coefficient (Wildman–Crippen LogP) is 5.63. The molecule has 0 amide bonds. The van der Waals surface area contributed by atoms with E-state index in [0.29, 0.717) is 29.7 Å². The van der Waals surface area contributed by atoms with Gasteiger partial charge in [0.1, 0.15) is 18.2 Å². The van der Waals surface area contributed by atoms with Crippen LogP contribution >= 0.6 is 0 Å². The van der Waals surface area contributed by atoms with E-state index in [1.54, 1.807) is 0 Å². The standard InChI is InChI=1S/C26H23F4N3O4S/c1-2-4-24-31-22-14-20(9-12-23(22)32(24)16-25(34)35)33(38(36,37)21-10-7-19(27)8-11-21)15-17-5-3-6-18(13-17)26(28,29)30/h3,5-14H,2,4,15-16H2,1H3,(H,34,35). The zero-order valence-electron chi connectivity index (χ0n) is 20.1. The number of carboxylic acid groups (broad SMARTS) is 1. The first-order chi connectivity index (χ1) is 17.9. The van der Waals surface area contributed by atoms with Gasteiger partial charge in [0.25, 0.3) is 10.0 Å². The topological polar surface area (TPSA) is 92.5 Å². The second-order valence-corrected chi connectivity index (χ2v) is 10.5. The molecule has 1 aromatic heterocycles. The molecule has 0 saturated heterocycles. The molecule has 7 nitrogen and oxygen atoms in total. The number of hydrogen-bond donors (Lipinski definition) is 1. The summed E-state index contributed by atoms with van der Waals surface area (Å²) in [6.07, 6.45) is -3.45. The summed E-state index contributed by atoms with van der Waals surface area (Å²) in [6.45, 7) is 1.11. The van der Waals surface area contributed by atoms with E-state index in [0.717, 1.165) is 40.7 Å². The fourth-order valence-corrected chi connectivity index (χ4v) is 5.55. The number of aliphatic carboxylic acids is 1. The van der Waals surface area contributed by atoms with Gasteiger partial charge in [-0.15, -0.1) is 0 Å². The van der Waals surface area contributed by atoms with Crippen LogP contribution in [0.3, 0.4) is 0 Å². The minimum absolute atomic E-state index is 0.0775. The number of aryl methyl sites for hydroxylation is 1. The molecule has 3 aromatic carbocycles. The molecule has 200 valence electrons. The van der Waals surface area contributed by atoms with Gasteiger partial charge in [0.05, 0.1) is 33.7 Å². The van der Waals surface area contributed by atoms with Crippen LogP contribution in [0.1, 0.15) is 30.3 Å². The number of carboxylic acids is 1. The minimum atomic E-state index is -4.62. The number of imidazole rings is 1. The number of alkyl halides is 3. The van der Waals surface area contributed by atoms with Crippen molar-refractivity contribution in [2.75, 3.05) is 4.31 Å². The Hall–Kier alpha value is -3.93. The molecule has 4 rings (SSSR count). The third kappa shape index (κ3) is 5.64. The molecule has 12 heteroatoms. The Balaban J connectivity index is 1.86. The molecule has 38 heavy (non-hydrogen) atoms. The Bertz CT molecular complexity index is 1580. The highest BCUT2D eigenvalue weighted by molar-refractivity contribution is 7.92. The van der Waals surface area contributed by atoms with Gasteiger partial charge in [-0.25, -0.2) is 17.8 Å². The van der Waals surface area contributed by atoms with E-state index in [-0.39, 0.29) is 22.7 Å². The monoisotopic (exact) mass is 549 g/mol. The number of aromatic nitrogens is 2. The smallest absolute Gasteiger partial charge is 0.416 e. The van der Waals surface area contributed by atoms with Crippen LogP contribution in [-0.2, 0) is 40.5 Å². The van der Waals surface area contributed by atoms with Crippen molar-refractivity contribution in [1.29, 1.82) is 0 Å². The number of halogens is 4. The molecule has 0 aliphatic rings. The summed E-state index contributed by atoms with van der Waals surface area (Å²) in [7, 11) is -4.36. The molecule has 0 saturated carbocycles. The first kappa shape index (κ1) is 27.1. The number of carbonyl (C=O) groups is 1.